The molecule has 1 amide bonds. The Kier molecular flexibility index (Phi) is 3.96. The van der Waals surface area contributed by atoms with E-state index in [1.165, 1.54) is 0 Å². The number of rotatable bonds is 3. The van der Waals surface area contributed by atoms with Crippen molar-refractivity contribution in [2.75, 3.05) is 19.8 Å². The Hall–Kier alpha value is -2.21. The fraction of sp³-hybridized carbons (Fsp3) is 0.400. The molecule has 1 fully saturated rings. The number of aryl methyl sites for hydroxylation is 1. The van der Waals surface area contributed by atoms with Crippen LogP contribution in [0.4, 0.5) is 0 Å². The lowest BCUT2D eigenvalue weighted by Crippen LogP contribution is -2.44. The molecule has 6 nitrogen and oxygen atoms in total. The molecule has 1 saturated heterocycles. The highest BCUT2D eigenvalue weighted by Gasteiger charge is 2.30. The summed E-state index contributed by atoms with van der Waals surface area (Å²) in [4.78, 5) is 18.5. The summed E-state index contributed by atoms with van der Waals surface area (Å²) in [5, 5.41) is 7.03. The summed E-state index contributed by atoms with van der Waals surface area (Å²) in [6.45, 7) is 3.66. The van der Waals surface area contributed by atoms with Crippen LogP contribution in [0.15, 0.2) is 30.7 Å². The van der Waals surface area contributed by atoms with E-state index in [0.29, 0.717) is 26.2 Å². The number of H-pyrrole nitrogens is 1. The first-order valence-electron chi connectivity index (χ1n) is 7.01. The lowest BCUT2D eigenvalue weighted by Gasteiger charge is -2.35. The lowest BCUT2D eigenvalue weighted by atomic mass is 10.1. The first-order valence-corrected chi connectivity index (χ1v) is 7.01. The van der Waals surface area contributed by atoms with Crippen LogP contribution in [0, 0.1) is 6.92 Å². The van der Waals surface area contributed by atoms with Crippen LogP contribution in [0.5, 0.6) is 0 Å². The fourth-order valence-electron chi connectivity index (χ4n) is 2.61. The van der Waals surface area contributed by atoms with Gasteiger partial charge in [0.2, 0.25) is 5.91 Å². The fourth-order valence-corrected chi connectivity index (χ4v) is 2.61. The van der Waals surface area contributed by atoms with Gasteiger partial charge in [0.15, 0.2) is 0 Å². The van der Waals surface area contributed by atoms with Crippen LogP contribution in [0.1, 0.15) is 22.9 Å². The third-order valence-electron chi connectivity index (χ3n) is 3.73. The van der Waals surface area contributed by atoms with E-state index >= 15 is 0 Å². The predicted octanol–water partition coefficient (Wildman–Crippen LogP) is 1.26. The molecular formula is C15H18N4O2. The number of ether oxygens (including phenoxy) is 1. The van der Waals surface area contributed by atoms with Gasteiger partial charge in [0.1, 0.15) is 0 Å². The largest absolute Gasteiger partial charge is 0.377 e. The topological polar surface area (TPSA) is 71.1 Å². The Balaban J connectivity index is 1.78. The zero-order chi connectivity index (χ0) is 14.7. The minimum atomic E-state index is -0.0922. The first kappa shape index (κ1) is 13.8. The van der Waals surface area contributed by atoms with Crippen molar-refractivity contribution in [3.8, 4) is 0 Å². The number of pyridine rings is 1. The number of aromatic amines is 1. The standard InChI is InChI=1S/C15H18N4O2/c1-11-8-17-18-15(11)13-10-21-6-5-19(13)14(20)7-12-3-2-4-16-9-12/h2-4,8-9,13H,5-7,10H2,1H3,(H,17,18)/t13-/m0/s1. The van der Waals surface area contributed by atoms with Gasteiger partial charge in [-0.1, -0.05) is 6.07 Å². The number of amides is 1. The normalized spacial score (nSPS) is 18.7. The van der Waals surface area contributed by atoms with Crippen LogP contribution in [0.3, 0.4) is 0 Å². The molecule has 1 atom stereocenters. The number of hydrogen-bond acceptors (Lipinski definition) is 4. The maximum atomic E-state index is 12.6. The molecule has 3 rings (SSSR count). The number of morpholine rings is 1. The number of aromatic nitrogens is 3. The number of hydrogen-bond donors (Lipinski definition) is 1. The van der Waals surface area contributed by atoms with Gasteiger partial charge < -0.3 is 9.64 Å². The van der Waals surface area contributed by atoms with Gasteiger partial charge in [-0.15, -0.1) is 0 Å². The van der Waals surface area contributed by atoms with Crippen LogP contribution in [-0.4, -0.2) is 45.7 Å². The van der Waals surface area contributed by atoms with E-state index in [2.05, 4.69) is 15.2 Å². The average molecular weight is 286 g/mol. The second-order valence-electron chi connectivity index (χ2n) is 5.18. The summed E-state index contributed by atoms with van der Waals surface area (Å²) in [7, 11) is 0. The van der Waals surface area contributed by atoms with Crippen molar-refractivity contribution in [3.63, 3.8) is 0 Å². The molecule has 1 N–H and O–H groups in total. The molecule has 1 aliphatic heterocycles. The summed E-state index contributed by atoms with van der Waals surface area (Å²) in [5.41, 5.74) is 2.92. The van der Waals surface area contributed by atoms with E-state index in [9.17, 15) is 4.79 Å². The van der Waals surface area contributed by atoms with Crippen molar-refractivity contribution >= 4 is 5.91 Å². The van der Waals surface area contributed by atoms with Crippen molar-refractivity contribution in [1.29, 1.82) is 0 Å². The van der Waals surface area contributed by atoms with Gasteiger partial charge in [0.25, 0.3) is 0 Å². The average Bonchev–Trinajstić information content (AvgIpc) is 2.94. The number of carbonyl (C=O) groups is 1. The third-order valence-corrected chi connectivity index (χ3v) is 3.73. The molecule has 1 aliphatic rings. The van der Waals surface area contributed by atoms with E-state index in [-0.39, 0.29) is 11.9 Å². The molecule has 0 spiro atoms. The quantitative estimate of drug-likeness (QED) is 0.922. The van der Waals surface area contributed by atoms with Gasteiger partial charge in [0, 0.05) is 18.9 Å². The Morgan fingerprint density at radius 2 is 2.43 bits per heavy atom. The minimum absolute atomic E-state index is 0.0882. The summed E-state index contributed by atoms with van der Waals surface area (Å²) in [6.07, 6.45) is 5.57. The molecule has 2 aromatic rings. The van der Waals surface area contributed by atoms with E-state index in [1.54, 1.807) is 18.6 Å². The van der Waals surface area contributed by atoms with Gasteiger partial charge in [-0.2, -0.15) is 5.10 Å². The molecule has 0 aliphatic carbocycles. The maximum absolute atomic E-state index is 12.6. The van der Waals surface area contributed by atoms with Gasteiger partial charge in [0.05, 0.1) is 37.6 Å². The highest BCUT2D eigenvalue weighted by Crippen LogP contribution is 2.25. The predicted molar refractivity (Wildman–Crippen MR) is 76.5 cm³/mol. The summed E-state index contributed by atoms with van der Waals surface area (Å²) >= 11 is 0. The number of nitrogens with one attached hydrogen (secondary N) is 1. The Bertz CT molecular complexity index is 611. The first-order chi connectivity index (χ1) is 10.3. The zero-order valence-electron chi connectivity index (χ0n) is 12.0. The molecule has 0 saturated carbocycles. The molecule has 0 bridgehead atoms. The molecule has 21 heavy (non-hydrogen) atoms. The summed E-state index contributed by atoms with van der Waals surface area (Å²) in [6, 6.07) is 3.67. The van der Waals surface area contributed by atoms with E-state index < -0.39 is 0 Å². The summed E-state index contributed by atoms with van der Waals surface area (Å²) in [5.74, 6) is 0.0882. The molecule has 110 valence electrons. The van der Waals surface area contributed by atoms with Gasteiger partial charge in [-0.25, -0.2) is 0 Å². The molecule has 6 heteroatoms. The zero-order valence-corrected chi connectivity index (χ0v) is 12.0. The molecule has 0 aromatic carbocycles. The summed E-state index contributed by atoms with van der Waals surface area (Å²) < 4.78 is 5.54. The highest BCUT2D eigenvalue weighted by molar-refractivity contribution is 5.79. The molecule has 3 heterocycles. The van der Waals surface area contributed by atoms with Crippen molar-refractivity contribution in [1.82, 2.24) is 20.1 Å². The van der Waals surface area contributed by atoms with Gasteiger partial charge in [-0.05, 0) is 24.1 Å². The number of nitrogens with zero attached hydrogens (tertiary/aromatic N) is 3. The molecule has 0 unspecified atom stereocenters. The Morgan fingerprint density at radius 3 is 3.14 bits per heavy atom. The van der Waals surface area contributed by atoms with E-state index in [1.807, 2.05) is 24.0 Å². The monoisotopic (exact) mass is 286 g/mol. The molecular weight excluding hydrogens is 268 g/mol. The second kappa shape index (κ2) is 6.05. The van der Waals surface area contributed by atoms with Gasteiger partial charge >= 0.3 is 0 Å². The van der Waals surface area contributed by atoms with Crippen molar-refractivity contribution in [3.05, 3.63) is 47.5 Å². The highest BCUT2D eigenvalue weighted by atomic mass is 16.5. The van der Waals surface area contributed by atoms with E-state index in [0.717, 1.165) is 16.8 Å². The third kappa shape index (κ3) is 2.95. The second-order valence-corrected chi connectivity index (χ2v) is 5.18. The minimum Gasteiger partial charge on any atom is -0.377 e. The molecule has 2 aromatic heterocycles. The SMILES string of the molecule is Cc1cn[nH]c1[C@@H]1COCCN1C(=O)Cc1cccnc1. The van der Waals surface area contributed by atoms with Crippen LogP contribution < -0.4 is 0 Å². The van der Waals surface area contributed by atoms with Crippen molar-refractivity contribution in [2.24, 2.45) is 0 Å². The molecule has 0 radical (unpaired) electrons. The van der Waals surface area contributed by atoms with Crippen LogP contribution in [0.2, 0.25) is 0 Å². The Labute approximate surface area is 123 Å². The lowest BCUT2D eigenvalue weighted by molar-refractivity contribution is -0.139. The van der Waals surface area contributed by atoms with Crippen LogP contribution in [-0.2, 0) is 16.0 Å². The van der Waals surface area contributed by atoms with Crippen LogP contribution in [0.25, 0.3) is 0 Å². The maximum Gasteiger partial charge on any atom is 0.227 e. The van der Waals surface area contributed by atoms with Crippen LogP contribution >= 0.6 is 0 Å². The van der Waals surface area contributed by atoms with Gasteiger partial charge in [-0.3, -0.25) is 14.9 Å². The Morgan fingerprint density at radius 1 is 1.52 bits per heavy atom. The van der Waals surface area contributed by atoms with E-state index in [4.69, 9.17) is 4.74 Å². The van der Waals surface area contributed by atoms with Crippen molar-refractivity contribution in [2.45, 2.75) is 19.4 Å². The smallest absolute Gasteiger partial charge is 0.227 e. The number of carbonyl (C=O) groups excluding carboxylic acids is 1. The van der Waals surface area contributed by atoms with Crippen molar-refractivity contribution < 1.29 is 9.53 Å².